The Balaban J connectivity index is 1.68. The molecule has 1 aromatic carbocycles. The van der Waals surface area contributed by atoms with Gasteiger partial charge in [-0.25, -0.2) is 8.42 Å². The highest BCUT2D eigenvalue weighted by atomic mass is 32.2. The Kier molecular flexibility index (Phi) is 4.67. The van der Waals surface area contributed by atoms with Gasteiger partial charge >= 0.3 is 0 Å². The third-order valence-corrected chi connectivity index (χ3v) is 6.02. The summed E-state index contributed by atoms with van der Waals surface area (Å²) < 4.78 is 31.1. The quantitative estimate of drug-likeness (QED) is 0.823. The summed E-state index contributed by atoms with van der Waals surface area (Å²) in [5, 5.41) is 0. The first-order chi connectivity index (χ1) is 10.8. The van der Waals surface area contributed by atoms with Gasteiger partial charge in [0.15, 0.2) is 0 Å². The molecule has 2 saturated heterocycles. The average Bonchev–Trinajstić information content (AvgIpc) is 2.42. The Labute approximate surface area is 139 Å². The van der Waals surface area contributed by atoms with Crippen molar-refractivity contribution < 1.29 is 13.2 Å². The number of para-hydroxylation sites is 1. The Hall–Kier alpha value is -1.11. The molecule has 2 heterocycles. The van der Waals surface area contributed by atoms with Crippen molar-refractivity contribution in [3.05, 3.63) is 29.8 Å². The lowest BCUT2D eigenvalue weighted by Crippen LogP contribution is -2.65. The molecule has 0 radical (unpaired) electrons. The molecule has 2 fully saturated rings. The molecule has 6 heteroatoms. The van der Waals surface area contributed by atoms with Crippen LogP contribution in [0.25, 0.3) is 0 Å². The maximum atomic E-state index is 11.8. The summed E-state index contributed by atoms with van der Waals surface area (Å²) in [5.41, 5.74) is 1.17. The predicted octanol–water partition coefficient (Wildman–Crippen LogP) is 1.94. The first kappa shape index (κ1) is 16.7. The van der Waals surface area contributed by atoms with E-state index in [2.05, 4.69) is 11.0 Å². The maximum absolute atomic E-state index is 11.8. The van der Waals surface area contributed by atoms with Crippen molar-refractivity contribution in [2.75, 3.05) is 25.9 Å². The van der Waals surface area contributed by atoms with Gasteiger partial charge in [0.25, 0.3) is 0 Å². The number of ether oxygens (including phenoxy) is 1. The lowest BCUT2D eigenvalue weighted by molar-refractivity contribution is 0.0106. The molecule has 5 nitrogen and oxygen atoms in total. The highest BCUT2D eigenvalue weighted by Crippen LogP contribution is 2.35. The zero-order valence-electron chi connectivity index (χ0n) is 14.1. The van der Waals surface area contributed by atoms with Crippen LogP contribution in [0.4, 0.5) is 0 Å². The second kappa shape index (κ2) is 6.42. The fourth-order valence-electron chi connectivity index (χ4n) is 3.58. The zero-order valence-corrected chi connectivity index (χ0v) is 14.9. The third kappa shape index (κ3) is 3.70. The largest absolute Gasteiger partial charge is 0.491 e. The molecule has 3 rings (SSSR count). The highest BCUT2D eigenvalue weighted by molar-refractivity contribution is 7.88. The first-order valence-corrected chi connectivity index (χ1v) is 10.1. The summed E-state index contributed by atoms with van der Waals surface area (Å²) in [6.07, 6.45) is 2.53. The molecule has 0 unspecified atom stereocenters. The molecule has 0 aromatic heterocycles. The van der Waals surface area contributed by atoms with Crippen molar-refractivity contribution in [3.8, 4) is 5.75 Å². The number of rotatable bonds is 5. The molecular weight excluding hydrogens is 312 g/mol. The van der Waals surface area contributed by atoms with Crippen LogP contribution in [-0.2, 0) is 16.6 Å². The van der Waals surface area contributed by atoms with E-state index in [0.717, 1.165) is 31.8 Å². The smallest absolute Gasteiger partial charge is 0.211 e. The second-order valence-electron chi connectivity index (χ2n) is 6.96. The summed E-state index contributed by atoms with van der Waals surface area (Å²) in [6.45, 7) is 7.40. The Bertz CT molecular complexity index is 660. The predicted molar refractivity (Wildman–Crippen MR) is 90.9 cm³/mol. The number of fused-ring (bicyclic) bond motifs is 1. The fraction of sp³-hybridized carbons (Fsp3) is 0.647. The number of benzene rings is 1. The van der Waals surface area contributed by atoms with Crippen molar-refractivity contribution >= 4 is 10.0 Å². The van der Waals surface area contributed by atoms with Gasteiger partial charge in [0.2, 0.25) is 10.0 Å². The molecule has 2 aliphatic rings. The van der Waals surface area contributed by atoms with E-state index >= 15 is 0 Å². The number of hydrogen-bond donors (Lipinski definition) is 0. The van der Waals surface area contributed by atoms with Gasteiger partial charge in [-0.3, -0.25) is 4.90 Å². The van der Waals surface area contributed by atoms with Crippen LogP contribution in [-0.4, -0.2) is 55.7 Å². The molecule has 0 N–H and O–H groups in total. The van der Waals surface area contributed by atoms with E-state index in [0.29, 0.717) is 12.5 Å². The lowest BCUT2D eigenvalue weighted by atomic mass is 9.84. The minimum absolute atomic E-state index is 0.147. The summed E-state index contributed by atoms with van der Waals surface area (Å²) in [5.74, 6) is 1.46. The molecule has 128 valence electrons. The lowest BCUT2D eigenvalue weighted by Gasteiger charge is -2.52. The van der Waals surface area contributed by atoms with Crippen molar-refractivity contribution in [1.29, 1.82) is 0 Å². The van der Waals surface area contributed by atoms with Gasteiger partial charge in [-0.1, -0.05) is 18.2 Å². The van der Waals surface area contributed by atoms with Gasteiger partial charge < -0.3 is 4.74 Å². The number of likely N-dealkylation sites (tertiary alicyclic amines) is 1. The number of piperidine rings is 1. The normalized spacial score (nSPS) is 25.9. The summed E-state index contributed by atoms with van der Waals surface area (Å²) in [4.78, 5) is 2.35. The molecule has 0 saturated carbocycles. The molecular formula is C17H26N2O3S. The molecule has 0 amide bonds. The summed E-state index contributed by atoms with van der Waals surface area (Å²) >= 11 is 0. The first-order valence-electron chi connectivity index (χ1n) is 8.28. The van der Waals surface area contributed by atoms with Gasteiger partial charge in [0.1, 0.15) is 5.75 Å². The van der Waals surface area contributed by atoms with Crippen LogP contribution in [0.5, 0.6) is 5.75 Å². The van der Waals surface area contributed by atoms with Crippen molar-refractivity contribution in [1.82, 2.24) is 9.21 Å². The molecule has 0 spiro atoms. The molecule has 23 heavy (non-hydrogen) atoms. The van der Waals surface area contributed by atoms with Crippen LogP contribution < -0.4 is 4.74 Å². The highest BCUT2D eigenvalue weighted by Gasteiger charge is 2.46. The van der Waals surface area contributed by atoms with E-state index in [9.17, 15) is 8.42 Å². The van der Waals surface area contributed by atoms with Gasteiger partial charge in [0, 0.05) is 31.2 Å². The van der Waals surface area contributed by atoms with Crippen LogP contribution in [0.15, 0.2) is 24.3 Å². The van der Waals surface area contributed by atoms with E-state index in [4.69, 9.17) is 4.74 Å². The number of hydrogen-bond acceptors (Lipinski definition) is 4. The van der Waals surface area contributed by atoms with Crippen molar-refractivity contribution in [3.63, 3.8) is 0 Å². The monoisotopic (exact) mass is 338 g/mol. The second-order valence-corrected chi connectivity index (χ2v) is 8.89. The van der Waals surface area contributed by atoms with E-state index in [1.807, 2.05) is 32.0 Å². The summed E-state index contributed by atoms with van der Waals surface area (Å²) in [6, 6.07) is 8.27. The van der Waals surface area contributed by atoms with E-state index in [1.54, 1.807) is 4.31 Å². The van der Waals surface area contributed by atoms with Gasteiger partial charge in [0.05, 0.1) is 12.4 Å². The fourth-order valence-corrected chi connectivity index (χ4v) is 4.78. The molecule has 1 aromatic rings. The average molecular weight is 338 g/mol. The topological polar surface area (TPSA) is 49.9 Å². The SMILES string of the molecule is CC(C)Oc1ccccc1CN1CC[C@@H]2CN(S(C)(=O)=O)[C@@H]2C1. The Morgan fingerprint density at radius 1 is 1.26 bits per heavy atom. The number of nitrogens with zero attached hydrogens (tertiary/aromatic N) is 2. The van der Waals surface area contributed by atoms with Gasteiger partial charge in [-0.05, 0) is 38.8 Å². The van der Waals surface area contributed by atoms with Crippen LogP contribution in [0.2, 0.25) is 0 Å². The minimum atomic E-state index is -3.07. The standard InChI is InChI=1S/C17H26N2O3S/c1-13(2)22-17-7-5-4-6-15(17)10-18-9-8-14-11-19(16(14)12-18)23(3,20)21/h4-7,13-14,16H,8-12H2,1-3H3/t14-,16-/m1/s1. The molecule has 2 atom stereocenters. The summed E-state index contributed by atoms with van der Waals surface area (Å²) in [7, 11) is -3.07. The number of sulfonamides is 1. The van der Waals surface area contributed by atoms with Crippen LogP contribution in [0.3, 0.4) is 0 Å². The van der Waals surface area contributed by atoms with Crippen molar-refractivity contribution in [2.45, 2.75) is 39.0 Å². The third-order valence-electron chi connectivity index (χ3n) is 4.75. The van der Waals surface area contributed by atoms with Gasteiger partial charge in [-0.2, -0.15) is 4.31 Å². The Morgan fingerprint density at radius 2 is 2.00 bits per heavy atom. The molecule has 2 aliphatic heterocycles. The van der Waals surface area contributed by atoms with E-state index in [1.165, 1.54) is 11.8 Å². The van der Waals surface area contributed by atoms with E-state index in [-0.39, 0.29) is 12.1 Å². The minimum Gasteiger partial charge on any atom is -0.491 e. The van der Waals surface area contributed by atoms with Crippen LogP contribution >= 0.6 is 0 Å². The molecule has 0 bridgehead atoms. The van der Waals surface area contributed by atoms with E-state index < -0.39 is 10.0 Å². The van der Waals surface area contributed by atoms with Crippen LogP contribution in [0, 0.1) is 5.92 Å². The Morgan fingerprint density at radius 3 is 2.70 bits per heavy atom. The molecule has 0 aliphatic carbocycles. The van der Waals surface area contributed by atoms with Crippen molar-refractivity contribution in [2.24, 2.45) is 5.92 Å². The van der Waals surface area contributed by atoms with Gasteiger partial charge in [-0.15, -0.1) is 0 Å². The zero-order chi connectivity index (χ0) is 16.6. The maximum Gasteiger partial charge on any atom is 0.211 e. The van der Waals surface area contributed by atoms with Crippen LogP contribution in [0.1, 0.15) is 25.8 Å².